The molecule has 0 bridgehead atoms. The summed E-state index contributed by atoms with van der Waals surface area (Å²) >= 11 is 6.10. The smallest absolute Gasteiger partial charge is 0.129 e. The summed E-state index contributed by atoms with van der Waals surface area (Å²) in [6.45, 7) is 0. The van der Waals surface area contributed by atoms with Crippen LogP contribution in [-0.4, -0.2) is 0 Å². The fourth-order valence-electron chi connectivity index (χ4n) is 1.70. The van der Waals surface area contributed by atoms with E-state index < -0.39 is 22.8 Å². The van der Waals surface area contributed by atoms with E-state index in [0.717, 1.165) is 6.07 Å². The quantitative estimate of drug-likeness (QED) is 0.714. The van der Waals surface area contributed by atoms with Crippen LogP contribution in [0.15, 0.2) is 42.5 Å². The Hall–Kier alpha value is -1.48. The molecule has 0 nitrogen and oxygen atoms in total. The maximum Gasteiger partial charge on any atom is 0.129 e. The highest BCUT2D eigenvalue weighted by molar-refractivity contribution is 6.20. The normalized spacial score (nSPS) is 12.4. The summed E-state index contributed by atoms with van der Waals surface area (Å²) in [6.07, 6.45) is 0.178. The first-order valence-corrected chi connectivity index (χ1v) is 5.83. The molecule has 0 radical (unpaired) electrons. The van der Waals surface area contributed by atoms with Crippen LogP contribution in [0.3, 0.4) is 0 Å². The van der Waals surface area contributed by atoms with Crippen molar-refractivity contribution in [2.45, 2.75) is 11.8 Å². The lowest BCUT2D eigenvalue weighted by Crippen LogP contribution is -1.99. The van der Waals surface area contributed by atoms with Gasteiger partial charge in [0.2, 0.25) is 0 Å². The molecule has 0 heterocycles. The van der Waals surface area contributed by atoms with Gasteiger partial charge in [0.05, 0.1) is 5.38 Å². The van der Waals surface area contributed by atoms with Gasteiger partial charge in [0.1, 0.15) is 17.5 Å². The molecule has 1 atom stereocenters. The fourth-order valence-corrected chi connectivity index (χ4v) is 2.00. The van der Waals surface area contributed by atoms with Gasteiger partial charge >= 0.3 is 0 Å². The zero-order valence-electron chi connectivity index (χ0n) is 9.34. The van der Waals surface area contributed by atoms with Crippen molar-refractivity contribution >= 4 is 11.6 Å². The van der Waals surface area contributed by atoms with E-state index in [1.165, 1.54) is 24.3 Å². The predicted octanol–water partition coefficient (Wildman–Crippen LogP) is 4.63. The van der Waals surface area contributed by atoms with Crippen LogP contribution in [0.4, 0.5) is 13.2 Å². The molecule has 0 spiro atoms. The molecule has 18 heavy (non-hydrogen) atoms. The van der Waals surface area contributed by atoms with Crippen molar-refractivity contribution in [2.24, 2.45) is 0 Å². The van der Waals surface area contributed by atoms with Crippen LogP contribution in [-0.2, 0) is 6.42 Å². The van der Waals surface area contributed by atoms with Crippen LogP contribution in [0.5, 0.6) is 0 Å². The lowest BCUT2D eigenvalue weighted by molar-refractivity contribution is 0.570. The van der Waals surface area contributed by atoms with Crippen molar-refractivity contribution < 1.29 is 13.2 Å². The topological polar surface area (TPSA) is 0 Å². The lowest BCUT2D eigenvalue weighted by atomic mass is 10.0. The van der Waals surface area contributed by atoms with Gasteiger partial charge in [-0.3, -0.25) is 0 Å². The minimum absolute atomic E-state index is 0.178. The number of alkyl halides is 1. The number of hydrogen-bond acceptors (Lipinski definition) is 0. The van der Waals surface area contributed by atoms with E-state index in [1.807, 2.05) is 0 Å². The molecule has 0 aliphatic heterocycles. The predicted molar refractivity (Wildman–Crippen MR) is 65.1 cm³/mol. The van der Waals surface area contributed by atoms with Crippen molar-refractivity contribution in [1.82, 2.24) is 0 Å². The molecule has 0 saturated heterocycles. The van der Waals surface area contributed by atoms with E-state index in [0.29, 0.717) is 11.1 Å². The summed E-state index contributed by atoms with van der Waals surface area (Å²) < 4.78 is 39.2. The maximum absolute atomic E-state index is 13.4. The summed E-state index contributed by atoms with van der Waals surface area (Å²) in [5, 5.41) is -0.555. The van der Waals surface area contributed by atoms with E-state index in [9.17, 15) is 13.2 Å². The molecule has 2 aromatic rings. The molecule has 1 unspecified atom stereocenters. The molecule has 0 aliphatic rings. The number of hydrogen-bond donors (Lipinski definition) is 0. The average molecular weight is 271 g/mol. The minimum atomic E-state index is -0.642. The van der Waals surface area contributed by atoms with Crippen LogP contribution in [0.25, 0.3) is 0 Å². The zero-order valence-corrected chi connectivity index (χ0v) is 10.1. The molecule has 94 valence electrons. The Bertz CT molecular complexity index is 554. The van der Waals surface area contributed by atoms with Crippen LogP contribution >= 0.6 is 11.6 Å². The van der Waals surface area contributed by atoms with Gasteiger partial charge in [0.15, 0.2) is 0 Å². The van der Waals surface area contributed by atoms with Crippen LogP contribution < -0.4 is 0 Å². The van der Waals surface area contributed by atoms with Crippen molar-refractivity contribution in [2.75, 3.05) is 0 Å². The Morgan fingerprint density at radius 3 is 2.33 bits per heavy atom. The fraction of sp³-hybridized carbons (Fsp3) is 0.143. The van der Waals surface area contributed by atoms with Crippen LogP contribution in [0.2, 0.25) is 0 Å². The second-order valence-corrected chi connectivity index (χ2v) is 4.49. The summed E-state index contributed by atoms with van der Waals surface area (Å²) in [5.41, 5.74) is 0.876. The van der Waals surface area contributed by atoms with Gasteiger partial charge in [0.25, 0.3) is 0 Å². The van der Waals surface area contributed by atoms with Crippen molar-refractivity contribution in [3.63, 3.8) is 0 Å². The van der Waals surface area contributed by atoms with Crippen molar-refractivity contribution in [3.8, 4) is 0 Å². The Morgan fingerprint density at radius 1 is 0.944 bits per heavy atom. The largest absolute Gasteiger partial charge is 0.207 e. The average Bonchev–Trinajstić information content (AvgIpc) is 2.32. The van der Waals surface area contributed by atoms with Gasteiger partial charge in [-0.2, -0.15) is 0 Å². The third-order valence-electron chi connectivity index (χ3n) is 2.62. The van der Waals surface area contributed by atoms with Gasteiger partial charge in [-0.1, -0.05) is 18.2 Å². The highest BCUT2D eigenvalue weighted by atomic mass is 35.5. The summed E-state index contributed by atoms with van der Waals surface area (Å²) in [5.74, 6) is -1.66. The Labute approximate surface area is 108 Å². The highest BCUT2D eigenvalue weighted by Crippen LogP contribution is 2.26. The molecule has 0 aromatic heterocycles. The zero-order chi connectivity index (χ0) is 13.1. The first-order valence-electron chi connectivity index (χ1n) is 5.40. The lowest BCUT2D eigenvalue weighted by Gasteiger charge is -2.10. The third-order valence-corrected chi connectivity index (χ3v) is 3.03. The first-order chi connectivity index (χ1) is 8.56. The van der Waals surface area contributed by atoms with E-state index in [2.05, 4.69) is 0 Å². The number of halogens is 4. The van der Waals surface area contributed by atoms with Crippen LogP contribution in [0, 0.1) is 17.5 Å². The van der Waals surface area contributed by atoms with Crippen molar-refractivity contribution in [1.29, 1.82) is 0 Å². The van der Waals surface area contributed by atoms with Gasteiger partial charge < -0.3 is 0 Å². The van der Waals surface area contributed by atoms with Crippen molar-refractivity contribution in [3.05, 3.63) is 71.0 Å². The van der Waals surface area contributed by atoms with E-state index in [-0.39, 0.29) is 6.42 Å². The molecular weight excluding hydrogens is 261 g/mol. The second kappa shape index (κ2) is 5.44. The van der Waals surface area contributed by atoms with Gasteiger partial charge in [-0.05, 0) is 35.7 Å². The molecule has 0 fully saturated rings. The molecular formula is C14H10ClF3. The highest BCUT2D eigenvalue weighted by Gasteiger charge is 2.13. The summed E-state index contributed by atoms with van der Waals surface area (Å²) in [4.78, 5) is 0. The molecule has 0 aliphatic carbocycles. The van der Waals surface area contributed by atoms with Crippen LogP contribution in [0.1, 0.15) is 16.5 Å². The number of benzene rings is 2. The third kappa shape index (κ3) is 3.05. The van der Waals surface area contributed by atoms with Gasteiger partial charge in [0, 0.05) is 6.07 Å². The molecule has 0 saturated carbocycles. The first kappa shape index (κ1) is 13.0. The maximum atomic E-state index is 13.4. The SMILES string of the molecule is Fc1cccc(C(Cl)Cc2ccc(F)cc2F)c1. The summed E-state index contributed by atoms with van der Waals surface area (Å²) in [7, 11) is 0. The van der Waals surface area contributed by atoms with E-state index in [1.54, 1.807) is 12.1 Å². The van der Waals surface area contributed by atoms with Gasteiger partial charge in [-0.15, -0.1) is 11.6 Å². The molecule has 0 amide bonds. The summed E-state index contributed by atoms with van der Waals surface area (Å²) in [6, 6.07) is 9.16. The molecule has 2 rings (SSSR count). The van der Waals surface area contributed by atoms with E-state index >= 15 is 0 Å². The van der Waals surface area contributed by atoms with E-state index in [4.69, 9.17) is 11.6 Å². The standard InChI is InChI=1S/C14H10ClF3/c15-13(9-2-1-3-11(16)6-9)7-10-4-5-12(17)8-14(10)18/h1-6,8,13H,7H2. The van der Waals surface area contributed by atoms with Gasteiger partial charge in [-0.25, -0.2) is 13.2 Å². The molecule has 4 heteroatoms. The Kier molecular flexibility index (Phi) is 3.92. The second-order valence-electron chi connectivity index (χ2n) is 3.96. The molecule has 2 aromatic carbocycles. The Balaban J connectivity index is 2.18. The molecule has 0 N–H and O–H groups in total. The monoisotopic (exact) mass is 270 g/mol. The minimum Gasteiger partial charge on any atom is -0.207 e. The Morgan fingerprint density at radius 2 is 1.67 bits per heavy atom. The number of rotatable bonds is 3.